The van der Waals surface area contributed by atoms with Crippen molar-refractivity contribution in [3.8, 4) is 0 Å². The second-order valence-corrected chi connectivity index (χ2v) is 8.71. The third kappa shape index (κ3) is 3.87. The fraction of sp³-hybridized carbons (Fsp3) is 0.636. The summed E-state index contributed by atoms with van der Waals surface area (Å²) in [4.78, 5) is 27.0. The highest BCUT2D eigenvalue weighted by Crippen LogP contribution is 2.49. The number of carbonyl (C=O) groups is 2. The normalized spacial score (nSPS) is 29.0. The molecule has 1 heterocycles. The summed E-state index contributed by atoms with van der Waals surface area (Å²) in [6, 6.07) is 5.92. The lowest BCUT2D eigenvalue weighted by atomic mass is 9.83. The minimum atomic E-state index is -0.341. The molecule has 1 aromatic carbocycles. The zero-order valence-electron chi connectivity index (χ0n) is 16.0. The van der Waals surface area contributed by atoms with Gasteiger partial charge >= 0.3 is 0 Å². The van der Waals surface area contributed by atoms with Crippen LogP contribution in [0.2, 0.25) is 0 Å². The monoisotopic (exact) mass is 372 g/mol. The molecule has 2 aliphatic carbocycles. The quantitative estimate of drug-likeness (QED) is 0.878. The molecule has 3 fully saturated rings. The number of nitrogens with one attached hydrogen (secondary N) is 1. The van der Waals surface area contributed by atoms with Crippen LogP contribution in [0.5, 0.6) is 0 Å². The van der Waals surface area contributed by atoms with Gasteiger partial charge in [-0.2, -0.15) is 0 Å². The third-order valence-corrected chi connectivity index (χ3v) is 7.05. The fourth-order valence-corrected chi connectivity index (χ4v) is 5.48. The smallest absolute Gasteiger partial charge is 0.253 e. The summed E-state index contributed by atoms with van der Waals surface area (Å²) in [7, 11) is 0. The highest BCUT2D eigenvalue weighted by Gasteiger charge is 2.42. The second-order valence-electron chi connectivity index (χ2n) is 8.71. The maximum Gasteiger partial charge on any atom is 0.253 e. The van der Waals surface area contributed by atoms with Gasteiger partial charge in [-0.25, -0.2) is 4.39 Å². The third-order valence-electron chi connectivity index (χ3n) is 7.05. The van der Waals surface area contributed by atoms with Gasteiger partial charge in [0.1, 0.15) is 5.82 Å². The van der Waals surface area contributed by atoms with Crippen LogP contribution in [0.4, 0.5) is 4.39 Å². The molecule has 2 amide bonds. The van der Waals surface area contributed by atoms with E-state index in [4.69, 9.17) is 0 Å². The van der Waals surface area contributed by atoms with Gasteiger partial charge in [0.05, 0.1) is 0 Å². The van der Waals surface area contributed by atoms with E-state index in [1.807, 2.05) is 0 Å². The van der Waals surface area contributed by atoms with Crippen LogP contribution in [0, 0.1) is 29.5 Å². The Morgan fingerprint density at radius 2 is 1.78 bits per heavy atom. The van der Waals surface area contributed by atoms with Crippen molar-refractivity contribution in [3.05, 3.63) is 35.6 Å². The zero-order chi connectivity index (χ0) is 19.0. The summed E-state index contributed by atoms with van der Waals surface area (Å²) < 4.78 is 13.0. The maximum atomic E-state index is 13.0. The zero-order valence-corrected chi connectivity index (χ0v) is 16.0. The first kappa shape index (κ1) is 18.5. The largest absolute Gasteiger partial charge is 0.353 e. The van der Waals surface area contributed by atoms with Crippen LogP contribution in [-0.2, 0) is 4.79 Å². The first-order valence-electron chi connectivity index (χ1n) is 10.4. The number of piperidine rings is 1. The molecular formula is C22H29FN2O2. The molecule has 146 valence electrons. The van der Waals surface area contributed by atoms with Gasteiger partial charge in [0, 0.05) is 30.6 Å². The summed E-state index contributed by atoms with van der Waals surface area (Å²) in [5, 5.41) is 3.27. The predicted octanol–water partition coefficient (Wildman–Crippen LogP) is 3.62. The molecule has 27 heavy (non-hydrogen) atoms. The van der Waals surface area contributed by atoms with Gasteiger partial charge in [0.15, 0.2) is 0 Å². The molecule has 4 atom stereocenters. The van der Waals surface area contributed by atoms with Crippen molar-refractivity contribution in [2.45, 2.75) is 51.5 Å². The molecule has 2 saturated carbocycles. The number of halogens is 1. The van der Waals surface area contributed by atoms with Gasteiger partial charge in [-0.3, -0.25) is 9.59 Å². The van der Waals surface area contributed by atoms with E-state index in [0.29, 0.717) is 37.4 Å². The first-order chi connectivity index (χ1) is 13.0. The van der Waals surface area contributed by atoms with Gasteiger partial charge in [-0.05, 0) is 81.0 Å². The van der Waals surface area contributed by atoms with Crippen molar-refractivity contribution in [1.29, 1.82) is 0 Å². The Morgan fingerprint density at radius 3 is 2.37 bits per heavy atom. The highest BCUT2D eigenvalue weighted by molar-refractivity contribution is 5.94. The molecule has 0 spiro atoms. The summed E-state index contributed by atoms with van der Waals surface area (Å²) in [6.45, 7) is 3.32. The Kier molecular flexibility index (Phi) is 5.20. The lowest BCUT2D eigenvalue weighted by Gasteiger charge is -2.34. The van der Waals surface area contributed by atoms with Gasteiger partial charge < -0.3 is 10.2 Å². The minimum Gasteiger partial charge on any atom is -0.353 e. The Morgan fingerprint density at radius 1 is 1.07 bits per heavy atom. The minimum absolute atomic E-state index is 0.0108. The van der Waals surface area contributed by atoms with Crippen molar-refractivity contribution in [2.75, 3.05) is 13.1 Å². The van der Waals surface area contributed by atoms with E-state index >= 15 is 0 Å². The van der Waals surface area contributed by atoms with E-state index in [0.717, 1.165) is 11.8 Å². The summed E-state index contributed by atoms with van der Waals surface area (Å²) in [5.41, 5.74) is 0.504. The first-order valence-corrected chi connectivity index (χ1v) is 10.4. The SMILES string of the molecule is CC(NC(=O)C1CCN(C(=O)c2ccc(F)cc2)CC1)C1CC2CCC1C2. The lowest BCUT2D eigenvalue weighted by Crippen LogP contribution is -2.47. The molecule has 1 aliphatic heterocycles. The average Bonchev–Trinajstić information content (AvgIpc) is 3.32. The molecule has 0 radical (unpaired) electrons. The number of likely N-dealkylation sites (tertiary alicyclic amines) is 1. The number of hydrogen-bond donors (Lipinski definition) is 1. The highest BCUT2D eigenvalue weighted by atomic mass is 19.1. The average molecular weight is 372 g/mol. The number of carbonyl (C=O) groups excluding carboxylic acids is 2. The van der Waals surface area contributed by atoms with E-state index in [1.165, 1.54) is 49.9 Å². The number of hydrogen-bond acceptors (Lipinski definition) is 2. The maximum absolute atomic E-state index is 13.0. The van der Waals surface area contributed by atoms with Crippen molar-refractivity contribution < 1.29 is 14.0 Å². The predicted molar refractivity (Wildman–Crippen MR) is 102 cm³/mol. The van der Waals surface area contributed by atoms with E-state index in [2.05, 4.69) is 12.2 Å². The summed E-state index contributed by atoms with van der Waals surface area (Å²) >= 11 is 0. The number of nitrogens with zero attached hydrogens (tertiary/aromatic N) is 1. The fourth-order valence-electron chi connectivity index (χ4n) is 5.48. The lowest BCUT2D eigenvalue weighted by molar-refractivity contribution is -0.127. The molecule has 3 aliphatic rings. The molecular weight excluding hydrogens is 343 g/mol. The molecule has 1 aromatic rings. The Balaban J connectivity index is 1.26. The van der Waals surface area contributed by atoms with Gasteiger partial charge in [-0.15, -0.1) is 0 Å². The molecule has 5 heteroatoms. The van der Waals surface area contributed by atoms with E-state index < -0.39 is 0 Å². The van der Waals surface area contributed by atoms with E-state index in [1.54, 1.807) is 4.90 Å². The molecule has 0 aromatic heterocycles. The molecule has 1 saturated heterocycles. The van der Waals surface area contributed by atoms with Crippen LogP contribution >= 0.6 is 0 Å². The molecule has 4 rings (SSSR count). The molecule has 1 N–H and O–H groups in total. The molecule has 4 nitrogen and oxygen atoms in total. The number of fused-ring (bicyclic) bond motifs is 2. The van der Waals surface area contributed by atoms with Crippen LogP contribution in [0.1, 0.15) is 55.8 Å². The van der Waals surface area contributed by atoms with E-state index in [-0.39, 0.29) is 29.6 Å². The Bertz CT molecular complexity index is 697. The van der Waals surface area contributed by atoms with Crippen LogP contribution in [0.25, 0.3) is 0 Å². The van der Waals surface area contributed by atoms with Crippen molar-refractivity contribution in [1.82, 2.24) is 10.2 Å². The summed E-state index contributed by atoms with van der Waals surface area (Å²) in [6.07, 6.45) is 6.73. The van der Waals surface area contributed by atoms with Crippen molar-refractivity contribution in [3.63, 3.8) is 0 Å². The number of benzene rings is 1. The van der Waals surface area contributed by atoms with Crippen LogP contribution in [-0.4, -0.2) is 35.8 Å². The van der Waals surface area contributed by atoms with E-state index in [9.17, 15) is 14.0 Å². The van der Waals surface area contributed by atoms with Gasteiger partial charge in [-0.1, -0.05) is 6.42 Å². The second kappa shape index (κ2) is 7.61. The van der Waals surface area contributed by atoms with Crippen molar-refractivity contribution in [2.24, 2.45) is 23.7 Å². The standard InChI is InChI=1S/C22H29FN2O2/c1-14(20-13-15-2-3-18(20)12-15)24-21(26)16-8-10-25(11-9-16)22(27)17-4-6-19(23)7-5-17/h4-7,14-16,18,20H,2-3,8-13H2,1H3,(H,24,26). The number of amides is 2. The topological polar surface area (TPSA) is 49.4 Å². The Labute approximate surface area is 160 Å². The molecule has 4 unspecified atom stereocenters. The Hall–Kier alpha value is -1.91. The van der Waals surface area contributed by atoms with Gasteiger partial charge in [0.25, 0.3) is 5.91 Å². The van der Waals surface area contributed by atoms with Crippen LogP contribution in [0.15, 0.2) is 24.3 Å². The van der Waals surface area contributed by atoms with Crippen LogP contribution < -0.4 is 5.32 Å². The molecule has 2 bridgehead atoms. The van der Waals surface area contributed by atoms with Crippen LogP contribution in [0.3, 0.4) is 0 Å². The van der Waals surface area contributed by atoms with Crippen molar-refractivity contribution >= 4 is 11.8 Å². The number of rotatable bonds is 4. The summed E-state index contributed by atoms with van der Waals surface area (Å²) in [5.74, 6) is 2.06. The van der Waals surface area contributed by atoms with Gasteiger partial charge in [0.2, 0.25) is 5.91 Å².